The van der Waals surface area contributed by atoms with Crippen LogP contribution in [0.15, 0.2) is 0 Å². The van der Waals surface area contributed by atoms with Crippen molar-refractivity contribution in [2.45, 2.75) is 42.6 Å². The van der Waals surface area contributed by atoms with Crippen molar-refractivity contribution in [3.8, 4) is 0 Å². The average molecular weight is 262 g/mol. The van der Waals surface area contributed by atoms with Gasteiger partial charge in [-0.25, -0.2) is 8.42 Å². The summed E-state index contributed by atoms with van der Waals surface area (Å²) in [5, 5.41) is -0.442. The molecule has 2 rings (SSSR count). The Morgan fingerprint density at radius 2 is 1.94 bits per heavy atom. The van der Waals surface area contributed by atoms with Crippen LogP contribution in [0.4, 0.5) is 0 Å². The molecule has 1 heterocycles. The summed E-state index contributed by atoms with van der Waals surface area (Å²) >= 11 is 0. The van der Waals surface area contributed by atoms with E-state index in [-0.39, 0.29) is 6.61 Å². The van der Waals surface area contributed by atoms with E-state index in [4.69, 9.17) is 9.47 Å². The lowest BCUT2D eigenvalue weighted by Gasteiger charge is -2.26. The summed E-state index contributed by atoms with van der Waals surface area (Å²) in [6.07, 6.45) is 1.80. The molecule has 0 aromatic heterocycles. The average Bonchev–Trinajstić information content (AvgIpc) is 3.12. The van der Waals surface area contributed by atoms with Gasteiger partial charge in [0.25, 0.3) is 0 Å². The van der Waals surface area contributed by atoms with Crippen LogP contribution in [0.25, 0.3) is 0 Å². The van der Waals surface area contributed by atoms with Gasteiger partial charge < -0.3 is 9.47 Å². The van der Waals surface area contributed by atoms with Crippen LogP contribution in [0.3, 0.4) is 0 Å². The van der Waals surface area contributed by atoms with Gasteiger partial charge >= 0.3 is 5.97 Å². The Morgan fingerprint density at radius 1 is 1.35 bits per heavy atom. The molecule has 17 heavy (non-hydrogen) atoms. The maximum absolute atomic E-state index is 12.4. The molecule has 98 valence electrons. The van der Waals surface area contributed by atoms with Crippen molar-refractivity contribution in [2.24, 2.45) is 0 Å². The van der Waals surface area contributed by atoms with Gasteiger partial charge in [0, 0.05) is 13.2 Å². The maximum atomic E-state index is 12.4. The van der Waals surface area contributed by atoms with Crippen LogP contribution in [-0.4, -0.2) is 44.2 Å². The molecular formula is C11H18O5S. The smallest absolute Gasteiger partial charge is 0.327 e. The van der Waals surface area contributed by atoms with E-state index in [0.29, 0.717) is 38.9 Å². The number of carbonyl (C=O) groups is 1. The van der Waals surface area contributed by atoms with Crippen molar-refractivity contribution < 1.29 is 22.7 Å². The molecule has 2 aliphatic rings. The number of rotatable bonds is 4. The minimum Gasteiger partial charge on any atom is -0.465 e. The molecule has 6 heteroatoms. The first-order chi connectivity index (χ1) is 8.04. The number of ether oxygens (including phenoxy) is 2. The Morgan fingerprint density at radius 3 is 2.41 bits per heavy atom. The molecule has 0 amide bonds. The summed E-state index contributed by atoms with van der Waals surface area (Å²) in [6.45, 7) is 2.84. The second kappa shape index (κ2) is 4.57. The summed E-state index contributed by atoms with van der Waals surface area (Å²) in [7, 11) is -3.43. The highest BCUT2D eigenvalue weighted by atomic mass is 32.2. The zero-order valence-corrected chi connectivity index (χ0v) is 10.8. The van der Waals surface area contributed by atoms with Crippen molar-refractivity contribution in [1.82, 2.24) is 0 Å². The molecule has 1 aliphatic heterocycles. The molecule has 0 spiro atoms. The molecule has 0 unspecified atom stereocenters. The first kappa shape index (κ1) is 12.8. The number of esters is 1. The summed E-state index contributed by atoms with van der Waals surface area (Å²) in [5.74, 6) is -0.563. The summed E-state index contributed by atoms with van der Waals surface area (Å²) in [5.41, 5.74) is 0. The zero-order chi connectivity index (χ0) is 12.5. The molecule has 1 saturated carbocycles. The van der Waals surface area contributed by atoms with Crippen molar-refractivity contribution in [2.75, 3.05) is 19.8 Å². The number of hydrogen-bond donors (Lipinski definition) is 0. The van der Waals surface area contributed by atoms with Gasteiger partial charge in [-0.05, 0) is 32.6 Å². The van der Waals surface area contributed by atoms with E-state index in [1.165, 1.54) is 0 Å². The minimum absolute atomic E-state index is 0.226. The lowest BCUT2D eigenvalue weighted by Crippen LogP contribution is -2.43. The molecule has 0 aromatic rings. The molecular weight excluding hydrogens is 244 g/mol. The maximum Gasteiger partial charge on any atom is 0.327 e. The standard InChI is InChI=1S/C11H18O5S/c1-2-16-10(12)11(5-6-11)17(13,14)9-3-7-15-8-4-9/h9H,2-8H2,1H3. The number of sulfone groups is 1. The third kappa shape index (κ3) is 2.08. The number of hydrogen-bond acceptors (Lipinski definition) is 5. The van der Waals surface area contributed by atoms with E-state index in [9.17, 15) is 13.2 Å². The molecule has 0 radical (unpaired) electrons. The Kier molecular flexibility index (Phi) is 3.45. The predicted molar refractivity (Wildman–Crippen MR) is 61.4 cm³/mol. The van der Waals surface area contributed by atoms with Gasteiger partial charge in [-0.15, -0.1) is 0 Å². The first-order valence-corrected chi connectivity index (χ1v) is 7.57. The first-order valence-electron chi connectivity index (χ1n) is 6.03. The normalized spacial score (nSPS) is 24.3. The minimum atomic E-state index is -3.43. The molecule has 1 aliphatic carbocycles. The Balaban J connectivity index is 2.17. The zero-order valence-electron chi connectivity index (χ0n) is 9.98. The van der Waals surface area contributed by atoms with Gasteiger partial charge in [0.15, 0.2) is 14.6 Å². The van der Waals surface area contributed by atoms with Crippen LogP contribution in [0.2, 0.25) is 0 Å². The molecule has 0 aromatic carbocycles. The van der Waals surface area contributed by atoms with Crippen LogP contribution >= 0.6 is 0 Å². The Hall–Kier alpha value is -0.620. The molecule has 1 saturated heterocycles. The van der Waals surface area contributed by atoms with Gasteiger partial charge in [-0.1, -0.05) is 0 Å². The van der Waals surface area contributed by atoms with Crippen LogP contribution in [-0.2, 0) is 24.1 Å². The van der Waals surface area contributed by atoms with Crippen LogP contribution in [0.5, 0.6) is 0 Å². The van der Waals surface area contributed by atoms with Crippen LogP contribution in [0, 0.1) is 0 Å². The molecule has 5 nitrogen and oxygen atoms in total. The van der Waals surface area contributed by atoms with E-state index >= 15 is 0 Å². The van der Waals surface area contributed by atoms with Gasteiger partial charge in [-0.2, -0.15) is 0 Å². The van der Waals surface area contributed by atoms with Crippen molar-refractivity contribution in [3.63, 3.8) is 0 Å². The molecule has 2 fully saturated rings. The monoisotopic (exact) mass is 262 g/mol. The van der Waals surface area contributed by atoms with E-state index in [2.05, 4.69) is 0 Å². The SMILES string of the molecule is CCOC(=O)C1(S(=O)(=O)C2CCOCC2)CC1. The van der Waals surface area contributed by atoms with E-state index in [1.807, 2.05) is 0 Å². The van der Waals surface area contributed by atoms with E-state index in [1.54, 1.807) is 6.92 Å². The van der Waals surface area contributed by atoms with E-state index in [0.717, 1.165) is 0 Å². The van der Waals surface area contributed by atoms with Gasteiger partial charge in [0.05, 0.1) is 11.9 Å². The summed E-state index contributed by atoms with van der Waals surface area (Å²) < 4.78 is 33.7. The topological polar surface area (TPSA) is 69.7 Å². The van der Waals surface area contributed by atoms with Gasteiger partial charge in [0.2, 0.25) is 0 Å². The van der Waals surface area contributed by atoms with Crippen molar-refractivity contribution >= 4 is 15.8 Å². The largest absolute Gasteiger partial charge is 0.465 e. The fourth-order valence-corrected chi connectivity index (χ4v) is 4.70. The van der Waals surface area contributed by atoms with Gasteiger partial charge in [0.1, 0.15) is 0 Å². The predicted octanol–water partition coefficient (Wildman–Crippen LogP) is 0.676. The highest BCUT2D eigenvalue weighted by Crippen LogP contribution is 2.47. The fourth-order valence-electron chi connectivity index (χ4n) is 2.29. The van der Waals surface area contributed by atoms with Crippen molar-refractivity contribution in [1.29, 1.82) is 0 Å². The third-order valence-electron chi connectivity index (χ3n) is 3.50. The Labute approximate surface area is 101 Å². The summed E-state index contributed by atoms with van der Waals surface area (Å²) in [4.78, 5) is 11.8. The summed E-state index contributed by atoms with van der Waals surface area (Å²) in [6, 6.07) is 0. The molecule has 0 bridgehead atoms. The number of carbonyl (C=O) groups excluding carboxylic acids is 1. The second-order valence-electron chi connectivity index (χ2n) is 4.57. The lowest BCUT2D eigenvalue weighted by molar-refractivity contribution is -0.143. The van der Waals surface area contributed by atoms with Crippen LogP contribution in [0.1, 0.15) is 32.6 Å². The van der Waals surface area contributed by atoms with Crippen molar-refractivity contribution in [3.05, 3.63) is 0 Å². The highest BCUT2D eigenvalue weighted by molar-refractivity contribution is 7.94. The quantitative estimate of drug-likeness (QED) is 0.697. The highest BCUT2D eigenvalue weighted by Gasteiger charge is 2.63. The van der Waals surface area contributed by atoms with E-state index < -0.39 is 25.8 Å². The van der Waals surface area contributed by atoms with Gasteiger partial charge in [-0.3, -0.25) is 4.79 Å². The molecule has 0 atom stereocenters. The lowest BCUT2D eigenvalue weighted by atomic mass is 10.2. The van der Waals surface area contributed by atoms with Crippen LogP contribution < -0.4 is 0 Å². The second-order valence-corrected chi connectivity index (χ2v) is 7.11. The fraction of sp³-hybridized carbons (Fsp3) is 0.909. The Bertz CT molecular complexity index is 390. The molecule has 0 N–H and O–H groups in total. The third-order valence-corrected chi connectivity index (χ3v) is 6.52.